The predicted molar refractivity (Wildman–Crippen MR) is 105 cm³/mol. The van der Waals surface area contributed by atoms with E-state index in [4.69, 9.17) is 4.98 Å². The summed E-state index contributed by atoms with van der Waals surface area (Å²) in [6.07, 6.45) is 4.23. The van der Waals surface area contributed by atoms with Gasteiger partial charge in [-0.2, -0.15) is 0 Å². The maximum absolute atomic E-state index is 4.85. The summed E-state index contributed by atoms with van der Waals surface area (Å²) in [5, 5.41) is 0. The van der Waals surface area contributed by atoms with Crippen molar-refractivity contribution in [2.75, 3.05) is 0 Å². The van der Waals surface area contributed by atoms with Crippen LogP contribution < -0.4 is 0 Å². The monoisotopic (exact) mass is 324 g/mol. The lowest BCUT2D eigenvalue weighted by molar-refractivity contribution is 0.652. The highest BCUT2D eigenvalue weighted by Crippen LogP contribution is 2.27. The number of benzene rings is 3. The first-order chi connectivity index (χ1) is 12.3. The Morgan fingerprint density at radius 1 is 0.760 bits per heavy atom. The largest absolute Gasteiger partial charge is 0.317 e. The fourth-order valence-electron chi connectivity index (χ4n) is 3.20. The Morgan fingerprint density at radius 3 is 2.16 bits per heavy atom. The van der Waals surface area contributed by atoms with Crippen molar-refractivity contribution >= 4 is 23.2 Å². The second-order valence-corrected chi connectivity index (χ2v) is 6.16. The van der Waals surface area contributed by atoms with E-state index >= 15 is 0 Å². The molecule has 122 valence electrons. The molecule has 0 unspecified atom stereocenters. The van der Waals surface area contributed by atoms with E-state index in [-0.39, 0.29) is 6.04 Å². The van der Waals surface area contributed by atoms with Gasteiger partial charge in [0.1, 0.15) is 5.82 Å². The smallest absolute Gasteiger partial charge is 0.134 e. The van der Waals surface area contributed by atoms with Gasteiger partial charge in [-0.25, -0.2) is 4.98 Å². The molecule has 0 saturated carbocycles. The van der Waals surface area contributed by atoms with Gasteiger partial charge < -0.3 is 4.57 Å². The molecule has 1 atom stereocenters. The summed E-state index contributed by atoms with van der Waals surface area (Å²) in [5.74, 6) is 0.974. The van der Waals surface area contributed by atoms with Gasteiger partial charge in [0.25, 0.3) is 0 Å². The van der Waals surface area contributed by atoms with Crippen molar-refractivity contribution in [3.63, 3.8) is 0 Å². The summed E-state index contributed by atoms with van der Waals surface area (Å²) < 4.78 is 2.31. The Labute approximate surface area is 148 Å². The zero-order valence-corrected chi connectivity index (χ0v) is 14.2. The zero-order chi connectivity index (χ0) is 17.1. The lowest BCUT2D eigenvalue weighted by Gasteiger charge is -2.17. The van der Waals surface area contributed by atoms with Crippen LogP contribution in [0.5, 0.6) is 0 Å². The number of hydrogen-bond acceptors (Lipinski definition) is 1. The maximum atomic E-state index is 4.85. The number of nitrogens with zero attached hydrogens (tertiary/aromatic N) is 2. The molecule has 25 heavy (non-hydrogen) atoms. The molecule has 0 fully saturated rings. The summed E-state index contributed by atoms with van der Waals surface area (Å²) in [7, 11) is 0. The quantitative estimate of drug-likeness (QED) is 0.463. The molecule has 1 heterocycles. The molecular formula is C23H20N2. The van der Waals surface area contributed by atoms with Crippen LogP contribution in [0.1, 0.15) is 29.9 Å². The topological polar surface area (TPSA) is 17.8 Å². The molecule has 0 aliphatic heterocycles. The number of hydrogen-bond donors (Lipinski definition) is 0. The van der Waals surface area contributed by atoms with Crippen LogP contribution in [0, 0.1) is 0 Å². The van der Waals surface area contributed by atoms with Gasteiger partial charge in [0.15, 0.2) is 0 Å². The van der Waals surface area contributed by atoms with Gasteiger partial charge in [0, 0.05) is 0 Å². The molecule has 2 nitrogen and oxygen atoms in total. The average molecular weight is 324 g/mol. The molecule has 0 radical (unpaired) electrons. The second kappa shape index (κ2) is 6.78. The molecule has 3 aromatic carbocycles. The highest BCUT2D eigenvalue weighted by atomic mass is 15.1. The van der Waals surface area contributed by atoms with Crippen LogP contribution in [0.15, 0.2) is 84.9 Å². The Balaban J connectivity index is 1.82. The fraction of sp³-hybridized carbons (Fsp3) is 0.0870. The Kier molecular flexibility index (Phi) is 4.17. The molecule has 0 bridgehead atoms. The predicted octanol–water partition coefficient (Wildman–Crippen LogP) is 5.82. The normalized spacial score (nSPS) is 12.7. The van der Waals surface area contributed by atoms with Gasteiger partial charge in [-0.15, -0.1) is 0 Å². The third-order valence-electron chi connectivity index (χ3n) is 4.52. The fourth-order valence-corrected chi connectivity index (χ4v) is 3.20. The summed E-state index contributed by atoms with van der Waals surface area (Å²) in [5.41, 5.74) is 4.64. The van der Waals surface area contributed by atoms with Gasteiger partial charge in [-0.05, 0) is 36.3 Å². The standard InChI is InChI=1S/C23H20N2/c1-18(20-12-6-3-7-13-20)25-22-15-9-8-14-21(22)24-23(25)17-16-19-10-4-2-5-11-19/h2-18H,1H3/b17-16+/t18-/m1/s1. The van der Waals surface area contributed by atoms with Crippen LogP contribution in [0.4, 0.5) is 0 Å². The second-order valence-electron chi connectivity index (χ2n) is 6.16. The Morgan fingerprint density at radius 2 is 1.40 bits per heavy atom. The minimum absolute atomic E-state index is 0.212. The molecule has 0 spiro atoms. The Hall–Kier alpha value is -3.13. The van der Waals surface area contributed by atoms with E-state index in [1.54, 1.807) is 0 Å². The van der Waals surface area contributed by atoms with E-state index in [2.05, 4.69) is 96.4 Å². The van der Waals surface area contributed by atoms with Crippen LogP contribution in [0.2, 0.25) is 0 Å². The minimum atomic E-state index is 0.212. The summed E-state index contributed by atoms with van der Waals surface area (Å²) >= 11 is 0. The number of fused-ring (bicyclic) bond motifs is 1. The number of rotatable bonds is 4. The molecule has 0 aliphatic carbocycles. The molecule has 0 aliphatic rings. The van der Waals surface area contributed by atoms with E-state index in [1.165, 1.54) is 11.1 Å². The highest BCUT2D eigenvalue weighted by molar-refractivity contribution is 5.80. The van der Waals surface area contributed by atoms with E-state index in [0.717, 1.165) is 16.9 Å². The van der Waals surface area contributed by atoms with Gasteiger partial charge in [0.2, 0.25) is 0 Å². The van der Waals surface area contributed by atoms with Crippen LogP contribution in [0.25, 0.3) is 23.2 Å². The third-order valence-corrected chi connectivity index (χ3v) is 4.52. The first-order valence-corrected chi connectivity index (χ1v) is 8.58. The van der Waals surface area contributed by atoms with Gasteiger partial charge >= 0.3 is 0 Å². The molecule has 1 aromatic heterocycles. The Bertz CT molecular complexity index is 998. The van der Waals surface area contributed by atoms with E-state index < -0.39 is 0 Å². The van der Waals surface area contributed by atoms with Crippen LogP contribution in [-0.4, -0.2) is 9.55 Å². The van der Waals surface area contributed by atoms with E-state index in [0.29, 0.717) is 0 Å². The summed E-state index contributed by atoms with van der Waals surface area (Å²) in [4.78, 5) is 4.85. The molecule has 2 heteroatoms. The van der Waals surface area contributed by atoms with Crippen molar-refractivity contribution in [2.45, 2.75) is 13.0 Å². The van der Waals surface area contributed by atoms with Gasteiger partial charge in [0.05, 0.1) is 17.1 Å². The minimum Gasteiger partial charge on any atom is -0.317 e. The van der Waals surface area contributed by atoms with Gasteiger partial charge in [-0.1, -0.05) is 78.9 Å². The molecular weight excluding hydrogens is 304 g/mol. The zero-order valence-electron chi connectivity index (χ0n) is 14.2. The van der Waals surface area contributed by atoms with Crippen molar-refractivity contribution in [3.05, 3.63) is 102 Å². The highest BCUT2D eigenvalue weighted by Gasteiger charge is 2.15. The molecule has 0 amide bonds. The summed E-state index contributed by atoms with van der Waals surface area (Å²) in [6.45, 7) is 2.23. The lowest BCUT2D eigenvalue weighted by Crippen LogP contribution is -2.08. The van der Waals surface area contributed by atoms with Crippen LogP contribution in [0.3, 0.4) is 0 Å². The number of para-hydroxylation sites is 2. The van der Waals surface area contributed by atoms with Crippen molar-refractivity contribution in [3.8, 4) is 0 Å². The van der Waals surface area contributed by atoms with Crippen molar-refractivity contribution in [2.24, 2.45) is 0 Å². The maximum Gasteiger partial charge on any atom is 0.134 e. The third kappa shape index (κ3) is 3.11. The van der Waals surface area contributed by atoms with Crippen LogP contribution >= 0.6 is 0 Å². The van der Waals surface area contributed by atoms with Crippen LogP contribution in [-0.2, 0) is 0 Å². The summed E-state index contributed by atoms with van der Waals surface area (Å²) in [6, 6.07) is 29.4. The number of imidazole rings is 1. The average Bonchev–Trinajstić information content (AvgIpc) is 3.05. The molecule has 4 rings (SSSR count). The molecule has 4 aromatic rings. The number of aromatic nitrogens is 2. The van der Waals surface area contributed by atoms with E-state index in [9.17, 15) is 0 Å². The SMILES string of the molecule is C[C@H](c1ccccc1)n1c(/C=C/c2ccccc2)nc2ccccc21. The first kappa shape index (κ1) is 15.4. The van der Waals surface area contributed by atoms with Crippen molar-refractivity contribution < 1.29 is 0 Å². The van der Waals surface area contributed by atoms with Crippen molar-refractivity contribution in [1.82, 2.24) is 9.55 Å². The molecule has 0 saturated heterocycles. The van der Waals surface area contributed by atoms with E-state index in [1.807, 2.05) is 12.1 Å². The molecule has 0 N–H and O–H groups in total. The van der Waals surface area contributed by atoms with Crippen molar-refractivity contribution in [1.29, 1.82) is 0 Å². The first-order valence-electron chi connectivity index (χ1n) is 8.58. The van der Waals surface area contributed by atoms with Gasteiger partial charge in [-0.3, -0.25) is 0 Å². The lowest BCUT2D eigenvalue weighted by atomic mass is 10.1.